The minimum Gasteiger partial charge on any atom is -0.370 e. The molecule has 4 heteroatoms. The summed E-state index contributed by atoms with van der Waals surface area (Å²) in [5, 5.41) is 0. The molecule has 2 aliphatic rings. The lowest BCUT2D eigenvalue weighted by molar-refractivity contribution is 0.150. The molecule has 110 valence electrons. The molecule has 0 bridgehead atoms. The van der Waals surface area contributed by atoms with E-state index in [4.69, 9.17) is 5.73 Å². The number of nitrogens with zero attached hydrogens (tertiary/aromatic N) is 3. The largest absolute Gasteiger partial charge is 0.370 e. The lowest BCUT2D eigenvalue weighted by Crippen LogP contribution is -2.43. The number of guanidine groups is 1. The van der Waals surface area contributed by atoms with E-state index in [1.807, 2.05) is 0 Å². The molecule has 0 saturated carbocycles. The minimum atomic E-state index is 0.524. The summed E-state index contributed by atoms with van der Waals surface area (Å²) in [4.78, 5) is 9.43. The highest BCUT2D eigenvalue weighted by Gasteiger charge is 2.20. The molecule has 0 aromatic heterocycles. The Balaban J connectivity index is 1.76. The third kappa shape index (κ3) is 4.37. The number of likely N-dealkylation sites (tertiary alicyclic amines) is 2. The van der Waals surface area contributed by atoms with Crippen molar-refractivity contribution in [3.05, 3.63) is 0 Å². The molecule has 2 heterocycles. The van der Waals surface area contributed by atoms with Gasteiger partial charge in [0.25, 0.3) is 0 Å². The van der Waals surface area contributed by atoms with E-state index >= 15 is 0 Å². The second-order valence-corrected chi connectivity index (χ2v) is 6.31. The Bertz CT molecular complexity index is 289. The second-order valence-electron chi connectivity index (χ2n) is 6.31. The van der Waals surface area contributed by atoms with E-state index in [9.17, 15) is 0 Å². The Hall–Kier alpha value is -0.770. The average Bonchev–Trinajstić information content (AvgIpc) is 2.46. The molecule has 2 aliphatic heterocycles. The van der Waals surface area contributed by atoms with Crippen LogP contribution in [0.2, 0.25) is 0 Å². The first-order valence-corrected chi connectivity index (χ1v) is 7.95. The van der Waals surface area contributed by atoms with Crippen molar-refractivity contribution in [1.29, 1.82) is 0 Å². The fraction of sp³-hybridized carbons (Fsp3) is 0.933. The first-order chi connectivity index (χ1) is 9.16. The van der Waals surface area contributed by atoms with Gasteiger partial charge in [-0.05, 0) is 58.0 Å². The van der Waals surface area contributed by atoms with Gasteiger partial charge in [0.2, 0.25) is 0 Å². The van der Waals surface area contributed by atoms with Crippen LogP contribution in [0.3, 0.4) is 0 Å². The number of rotatable bonds is 3. The number of piperidine rings is 2. The summed E-state index contributed by atoms with van der Waals surface area (Å²) >= 11 is 0. The first-order valence-electron chi connectivity index (χ1n) is 7.95. The highest BCUT2D eigenvalue weighted by molar-refractivity contribution is 5.78. The average molecular weight is 266 g/mol. The smallest absolute Gasteiger partial charge is 0.191 e. The number of hydrogen-bond acceptors (Lipinski definition) is 2. The van der Waals surface area contributed by atoms with Gasteiger partial charge in [-0.2, -0.15) is 0 Å². The first kappa shape index (κ1) is 14.6. The number of hydrogen-bond donors (Lipinski definition) is 1. The minimum absolute atomic E-state index is 0.524. The summed E-state index contributed by atoms with van der Waals surface area (Å²) in [6.45, 7) is 10.1. The predicted molar refractivity (Wildman–Crippen MR) is 81.3 cm³/mol. The number of aliphatic imine (C=N–C) groups is 1. The van der Waals surface area contributed by atoms with Crippen molar-refractivity contribution in [2.24, 2.45) is 16.6 Å². The van der Waals surface area contributed by atoms with Crippen molar-refractivity contribution in [3.63, 3.8) is 0 Å². The van der Waals surface area contributed by atoms with Gasteiger partial charge in [-0.1, -0.05) is 6.92 Å². The molecule has 0 amide bonds. The van der Waals surface area contributed by atoms with Gasteiger partial charge in [0.05, 0.1) is 6.54 Å². The summed E-state index contributed by atoms with van der Waals surface area (Å²) in [6.07, 6.45) is 6.52. The zero-order chi connectivity index (χ0) is 13.7. The van der Waals surface area contributed by atoms with Crippen LogP contribution >= 0.6 is 0 Å². The maximum atomic E-state index is 6.11. The third-order valence-corrected chi connectivity index (χ3v) is 4.64. The van der Waals surface area contributed by atoms with Crippen molar-refractivity contribution in [1.82, 2.24) is 9.80 Å². The summed E-state index contributed by atoms with van der Waals surface area (Å²) in [5.41, 5.74) is 6.11. The third-order valence-electron chi connectivity index (χ3n) is 4.64. The molecular weight excluding hydrogens is 236 g/mol. The second kappa shape index (κ2) is 7.13. The standard InChI is InChI=1S/C15H30N4/c1-13-6-10-18(11-7-13)14(2)12-17-15(16)19-8-4-3-5-9-19/h13-14H,3-12H2,1-2H3,(H2,16,17). The fourth-order valence-electron chi connectivity index (χ4n) is 3.03. The van der Waals surface area contributed by atoms with Gasteiger partial charge in [-0.15, -0.1) is 0 Å². The lowest BCUT2D eigenvalue weighted by atomic mass is 9.98. The van der Waals surface area contributed by atoms with Gasteiger partial charge < -0.3 is 10.6 Å². The van der Waals surface area contributed by atoms with Crippen LogP contribution in [-0.4, -0.2) is 54.5 Å². The van der Waals surface area contributed by atoms with Crippen LogP contribution in [0, 0.1) is 5.92 Å². The normalized spacial score (nSPS) is 25.6. The van der Waals surface area contributed by atoms with Crippen LogP contribution in [0.4, 0.5) is 0 Å². The van der Waals surface area contributed by atoms with Crippen LogP contribution < -0.4 is 5.73 Å². The molecule has 0 aliphatic carbocycles. The van der Waals surface area contributed by atoms with Gasteiger partial charge in [0, 0.05) is 19.1 Å². The lowest BCUT2D eigenvalue weighted by Gasteiger charge is -2.34. The van der Waals surface area contributed by atoms with E-state index in [0.29, 0.717) is 6.04 Å². The van der Waals surface area contributed by atoms with E-state index in [1.165, 1.54) is 45.2 Å². The quantitative estimate of drug-likeness (QED) is 0.627. The Morgan fingerprint density at radius 1 is 1.16 bits per heavy atom. The molecule has 0 aromatic rings. The van der Waals surface area contributed by atoms with Gasteiger partial charge >= 0.3 is 0 Å². The topological polar surface area (TPSA) is 44.9 Å². The molecular formula is C15H30N4. The van der Waals surface area contributed by atoms with E-state index in [1.54, 1.807) is 0 Å². The SMILES string of the molecule is CC1CCN(C(C)CN=C(N)N2CCCCC2)CC1. The van der Waals surface area contributed by atoms with Gasteiger partial charge in [-0.3, -0.25) is 9.89 Å². The Morgan fingerprint density at radius 3 is 2.42 bits per heavy atom. The van der Waals surface area contributed by atoms with E-state index in [-0.39, 0.29) is 0 Å². The zero-order valence-corrected chi connectivity index (χ0v) is 12.6. The fourth-order valence-corrected chi connectivity index (χ4v) is 3.03. The summed E-state index contributed by atoms with van der Waals surface area (Å²) in [6, 6.07) is 0.524. The predicted octanol–water partition coefficient (Wildman–Crippen LogP) is 1.91. The summed E-state index contributed by atoms with van der Waals surface area (Å²) in [5.74, 6) is 1.65. The van der Waals surface area contributed by atoms with Gasteiger partial charge in [0.15, 0.2) is 5.96 Å². The molecule has 4 nitrogen and oxygen atoms in total. The van der Waals surface area contributed by atoms with Crippen molar-refractivity contribution in [2.75, 3.05) is 32.7 Å². The van der Waals surface area contributed by atoms with Crippen LogP contribution in [0.15, 0.2) is 4.99 Å². The van der Waals surface area contributed by atoms with Crippen LogP contribution in [0.25, 0.3) is 0 Å². The van der Waals surface area contributed by atoms with E-state index in [2.05, 4.69) is 28.6 Å². The summed E-state index contributed by atoms with van der Waals surface area (Å²) < 4.78 is 0. The Kier molecular flexibility index (Phi) is 5.49. The molecule has 0 radical (unpaired) electrons. The molecule has 2 fully saturated rings. The van der Waals surface area contributed by atoms with Crippen molar-refractivity contribution < 1.29 is 0 Å². The molecule has 2 N–H and O–H groups in total. The Morgan fingerprint density at radius 2 is 1.79 bits per heavy atom. The molecule has 2 saturated heterocycles. The van der Waals surface area contributed by atoms with Crippen molar-refractivity contribution >= 4 is 5.96 Å². The van der Waals surface area contributed by atoms with Crippen molar-refractivity contribution in [2.45, 2.75) is 52.0 Å². The molecule has 1 atom stereocenters. The molecule has 0 spiro atoms. The molecule has 2 rings (SSSR count). The van der Waals surface area contributed by atoms with Crippen LogP contribution in [0.1, 0.15) is 46.0 Å². The zero-order valence-electron chi connectivity index (χ0n) is 12.6. The molecule has 1 unspecified atom stereocenters. The molecule has 0 aromatic carbocycles. The summed E-state index contributed by atoms with van der Waals surface area (Å²) in [7, 11) is 0. The van der Waals surface area contributed by atoms with E-state index in [0.717, 1.165) is 31.5 Å². The van der Waals surface area contributed by atoms with E-state index < -0.39 is 0 Å². The van der Waals surface area contributed by atoms with Gasteiger partial charge in [0.1, 0.15) is 0 Å². The highest BCUT2D eigenvalue weighted by atomic mass is 15.3. The maximum Gasteiger partial charge on any atom is 0.191 e. The van der Waals surface area contributed by atoms with Crippen LogP contribution in [-0.2, 0) is 0 Å². The monoisotopic (exact) mass is 266 g/mol. The maximum absolute atomic E-state index is 6.11. The highest BCUT2D eigenvalue weighted by Crippen LogP contribution is 2.18. The van der Waals surface area contributed by atoms with Gasteiger partial charge in [-0.25, -0.2) is 0 Å². The number of nitrogens with two attached hydrogens (primary N) is 1. The van der Waals surface area contributed by atoms with Crippen molar-refractivity contribution in [3.8, 4) is 0 Å². The Labute approximate surface area is 118 Å². The van der Waals surface area contributed by atoms with Crippen LogP contribution in [0.5, 0.6) is 0 Å². The molecule has 19 heavy (non-hydrogen) atoms.